The van der Waals surface area contributed by atoms with Crippen LogP contribution in [0.3, 0.4) is 0 Å². The highest BCUT2D eigenvalue weighted by molar-refractivity contribution is 5.83. The van der Waals surface area contributed by atoms with Crippen LogP contribution >= 0.6 is 0 Å². The standard InChI is InChI=1S/C20H18O5/c1-12-4-3-5-14(8-12)11-24-15-6-7-16-13(2)17(10-19(21)22)20(23)25-18(16)9-15/h3-9H,10-11H2,1-2H3,(H,21,22)/p-1. The minimum absolute atomic E-state index is 0.112. The van der Waals surface area contributed by atoms with Gasteiger partial charge in [0, 0.05) is 29.4 Å². The van der Waals surface area contributed by atoms with Crippen LogP contribution in [0.2, 0.25) is 0 Å². The van der Waals surface area contributed by atoms with Gasteiger partial charge in [-0.2, -0.15) is 0 Å². The van der Waals surface area contributed by atoms with Gasteiger partial charge in [0.2, 0.25) is 0 Å². The number of aryl methyl sites for hydroxylation is 2. The minimum atomic E-state index is -1.31. The molecule has 0 aliphatic carbocycles. The maximum Gasteiger partial charge on any atom is 0.340 e. The van der Waals surface area contributed by atoms with Crippen molar-refractivity contribution >= 4 is 16.9 Å². The molecule has 2 aromatic carbocycles. The van der Waals surface area contributed by atoms with Gasteiger partial charge in [-0.1, -0.05) is 29.8 Å². The third-order valence-corrected chi connectivity index (χ3v) is 4.07. The molecule has 0 N–H and O–H groups in total. The summed E-state index contributed by atoms with van der Waals surface area (Å²) >= 11 is 0. The van der Waals surface area contributed by atoms with Crippen LogP contribution in [0.5, 0.6) is 5.75 Å². The smallest absolute Gasteiger partial charge is 0.340 e. The van der Waals surface area contributed by atoms with Crippen LogP contribution in [-0.4, -0.2) is 5.97 Å². The summed E-state index contributed by atoms with van der Waals surface area (Å²) in [5, 5.41) is 11.5. The molecule has 0 atom stereocenters. The summed E-state index contributed by atoms with van der Waals surface area (Å²) in [5.41, 5.74) is 2.60. The van der Waals surface area contributed by atoms with E-state index in [1.54, 1.807) is 25.1 Å². The number of hydrogen-bond acceptors (Lipinski definition) is 5. The second-order valence-corrected chi connectivity index (χ2v) is 5.98. The zero-order chi connectivity index (χ0) is 18.0. The summed E-state index contributed by atoms with van der Waals surface area (Å²) in [4.78, 5) is 22.8. The molecule has 0 saturated heterocycles. The second-order valence-electron chi connectivity index (χ2n) is 5.98. The largest absolute Gasteiger partial charge is 0.550 e. The predicted octanol–water partition coefficient (Wildman–Crippen LogP) is 2.28. The van der Waals surface area contributed by atoms with Gasteiger partial charge in [0.15, 0.2) is 0 Å². The van der Waals surface area contributed by atoms with Gasteiger partial charge >= 0.3 is 5.63 Å². The normalized spacial score (nSPS) is 10.8. The molecule has 1 heterocycles. The Morgan fingerprint density at radius 2 is 1.96 bits per heavy atom. The quantitative estimate of drug-likeness (QED) is 0.667. The number of hydrogen-bond donors (Lipinski definition) is 0. The fraction of sp³-hybridized carbons (Fsp3) is 0.200. The molecule has 0 aliphatic rings. The van der Waals surface area contributed by atoms with Crippen molar-refractivity contribution in [3.8, 4) is 5.75 Å². The van der Waals surface area contributed by atoms with E-state index in [9.17, 15) is 14.7 Å². The number of rotatable bonds is 5. The number of aliphatic carboxylic acids is 1. The van der Waals surface area contributed by atoms with Crippen LogP contribution < -0.4 is 15.5 Å². The first kappa shape index (κ1) is 16.8. The van der Waals surface area contributed by atoms with E-state index in [4.69, 9.17) is 9.15 Å². The van der Waals surface area contributed by atoms with Crippen molar-refractivity contribution in [1.29, 1.82) is 0 Å². The average Bonchev–Trinajstić information content (AvgIpc) is 2.56. The fourth-order valence-corrected chi connectivity index (χ4v) is 2.78. The van der Waals surface area contributed by atoms with Crippen molar-refractivity contribution in [2.45, 2.75) is 26.9 Å². The van der Waals surface area contributed by atoms with E-state index in [2.05, 4.69) is 0 Å². The summed E-state index contributed by atoms with van der Waals surface area (Å²) in [6.07, 6.45) is -0.463. The van der Waals surface area contributed by atoms with E-state index in [1.807, 2.05) is 31.2 Å². The Morgan fingerprint density at radius 3 is 2.68 bits per heavy atom. The lowest BCUT2D eigenvalue weighted by molar-refractivity contribution is -0.304. The molecule has 5 nitrogen and oxygen atoms in total. The van der Waals surface area contributed by atoms with Crippen molar-refractivity contribution in [3.63, 3.8) is 0 Å². The number of fused-ring (bicyclic) bond motifs is 1. The van der Waals surface area contributed by atoms with Crippen LogP contribution in [0.15, 0.2) is 51.7 Å². The third kappa shape index (κ3) is 3.71. The summed E-state index contributed by atoms with van der Waals surface area (Å²) in [5.74, 6) is -0.739. The van der Waals surface area contributed by atoms with E-state index in [-0.39, 0.29) is 5.56 Å². The lowest BCUT2D eigenvalue weighted by atomic mass is 10.0. The van der Waals surface area contributed by atoms with E-state index < -0.39 is 18.0 Å². The molecule has 0 spiro atoms. The third-order valence-electron chi connectivity index (χ3n) is 4.07. The maximum absolute atomic E-state index is 12.0. The highest BCUT2D eigenvalue weighted by atomic mass is 16.5. The molecule has 0 amide bonds. The molecular formula is C20H17O5-. The van der Waals surface area contributed by atoms with E-state index in [0.717, 1.165) is 11.1 Å². The van der Waals surface area contributed by atoms with E-state index in [1.165, 1.54) is 0 Å². The molecule has 0 saturated carbocycles. The number of benzene rings is 2. The first-order valence-electron chi connectivity index (χ1n) is 7.88. The molecule has 0 radical (unpaired) electrons. The Kier molecular flexibility index (Phi) is 4.57. The molecule has 25 heavy (non-hydrogen) atoms. The Balaban J connectivity index is 1.90. The monoisotopic (exact) mass is 337 g/mol. The minimum Gasteiger partial charge on any atom is -0.550 e. The molecule has 0 aliphatic heterocycles. The zero-order valence-corrected chi connectivity index (χ0v) is 14.0. The highest BCUT2D eigenvalue weighted by Crippen LogP contribution is 2.25. The first-order chi connectivity index (χ1) is 11.9. The Bertz CT molecular complexity index is 1000. The average molecular weight is 337 g/mol. The van der Waals surface area contributed by atoms with Crippen molar-refractivity contribution in [3.05, 3.63) is 75.1 Å². The molecule has 0 bridgehead atoms. The van der Waals surface area contributed by atoms with Crippen LogP contribution in [-0.2, 0) is 17.8 Å². The predicted molar refractivity (Wildman–Crippen MR) is 91.4 cm³/mol. The van der Waals surface area contributed by atoms with Crippen molar-refractivity contribution in [1.82, 2.24) is 0 Å². The van der Waals surface area contributed by atoms with Crippen LogP contribution in [0, 0.1) is 13.8 Å². The van der Waals surface area contributed by atoms with Crippen molar-refractivity contribution in [2.75, 3.05) is 0 Å². The van der Waals surface area contributed by atoms with Crippen molar-refractivity contribution < 1.29 is 19.1 Å². The van der Waals surface area contributed by atoms with Crippen molar-refractivity contribution in [2.24, 2.45) is 0 Å². The Labute approximate surface area is 144 Å². The second kappa shape index (κ2) is 6.81. The molecule has 128 valence electrons. The number of carbonyl (C=O) groups excluding carboxylic acids is 1. The van der Waals surface area contributed by atoms with Gasteiger partial charge < -0.3 is 19.1 Å². The lowest BCUT2D eigenvalue weighted by Gasteiger charge is -2.11. The lowest BCUT2D eigenvalue weighted by Crippen LogP contribution is -2.27. The van der Waals surface area contributed by atoms with E-state index in [0.29, 0.717) is 28.9 Å². The number of carboxylic acid groups (broad SMARTS) is 1. The summed E-state index contributed by atoms with van der Waals surface area (Å²) < 4.78 is 11.0. The molecule has 1 aromatic heterocycles. The van der Waals surface area contributed by atoms with Crippen LogP contribution in [0.25, 0.3) is 11.0 Å². The van der Waals surface area contributed by atoms with Gasteiger partial charge in [0.05, 0.1) is 0 Å². The Hall–Kier alpha value is -3.08. The van der Waals surface area contributed by atoms with Gasteiger partial charge in [0.25, 0.3) is 0 Å². The SMILES string of the molecule is Cc1cccc(COc2ccc3c(C)c(CC(=O)[O-])c(=O)oc3c2)c1. The van der Waals surface area contributed by atoms with Gasteiger partial charge in [-0.15, -0.1) is 0 Å². The number of ether oxygens (including phenoxy) is 1. The fourth-order valence-electron chi connectivity index (χ4n) is 2.78. The number of carbonyl (C=O) groups is 1. The van der Waals surface area contributed by atoms with Crippen LogP contribution in [0.1, 0.15) is 22.3 Å². The molecule has 0 fully saturated rings. The molecule has 0 unspecified atom stereocenters. The van der Waals surface area contributed by atoms with Gasteiger partial charge in [0.1, 0.15) is 17.9 Å². The molecule has 3 rings (SSSR count). The zero-order valence-electron chi connectivity index (χ0n) is 14.0. The van der Waals surface area contributed by atoms with Gasteiger partial charge in [-0.3, -0.25) is 0 Å². The molecule has 5 heteroatoms. The van der Waals surface area contributed by atoms with Gasteiger partial charge in [-0.05, 0) is 37.1 Å². The Morgan fingerprint density at radius 1 is 1.16 bits per heavy atom. The highest BCUT2D eigenvalue weighted by Gasteiger charge is 2.12. The van der Waals surface area contributed by atoms with Crippen LogP contribution in [0.4, 0.5) is 0 Å². The number of carboxylic acids is 1. The summed E-state index contributed by atoms with van der Waals surface area (Å²) in [6.45, 7) is 4.12. The van der Waals surface area contributed by atoms with Gasteiger partial charge in [-0.25, -0.2) is 4.79 Å². The summed E-state index contributed by atoms with van der Waals surface area (Å²) in [6, 6.07) is 13.2. The van der Waals surface area contributed by atoms with E-state index >= 15 is 0 Å². The maximum atomic E-state index is 12.0. The topological polar surface area (TPSA) is 79.6 Å². The molecular weight excluding hydrogens is 320 g/mol. The molecule has 3 aromatic rings. The first-order valence-corrected chi connectivity index (χ1v) is 7.88. The summed E-state index contributed by atoms with van der Waals surface area (Å²) in [7, 11) is 0.